The number of tetrazole rings is 1. The quantitative estimate of drug-likeness (QED) is 0.844. The number of carboxylic acids is 1. The van der Waals surface area contributed by atoms with Crippen molar-refractivity contribution in [3.8, 4) is 11.4 Å². The molecule has 0 radical (unpaired) electrons. The summed E-state index contributed by atoms with van der Waals surface area (Å²) in [7, 11) is 0. The largest absolute Gasteiger partial charge is 0.480 e. The number of amides is 1. The third-order valence-electron chi connectivity index (χ3n) is 4.96. The van der Waals surface area contributed by atoms with Gasteiger partial charge in [0.25, 0.3) is 0 Å². The molecule has 2 aromatic rings. The fourth-order valence-electron chi connectivity index (χ4n) is 3.21. The van der Waals surface area contributed by atoms with Crippen LogP contribution < -0.4 is 5.32 Å². The summed E-state index contributed by atoms with van der Waals surface area (Å²) in [4.78, 5) is 25.3. The van der Waals surface area contributed by atoms with Gasteiger partial charge in [0, 0.05) is 5.56 Å². The number of aryl methyl sites for hydroxylation is 1. The topological polar surface area (TPSA) is 110 Å². The van der Waals surface area contributed by atoms with Crippen LogP contribution in [0.5, 0.6) is 0 Å². The minimum Gasteiger partial charge on any atom is -0.480 e. The summed E-state index contributed by atoms with van der Waals surface area (Å²) in [6.07, 6.45) is 2.45. The zero-order valence-corrected chi connectivity index (χ0v) is 15.0. The van der Waals surface area contributed by atoms with Gasteiger partial charge in [-0.3, -0.25) is 4.79 Å². The molecule has 1 fully saturated rings. The number of carboxylic acid groups (broad SMARTS) is 1. The van der Waals surface area contributed by atoms with Crippen LogP contribution in [0.1, 0.15) is 38.2 Å². The van der Waals surface area contributed by atoms with Gasteiger partial charge >= 0.3 is 5.97 Å². The summed E-state index contributed by atoms with van der Waals surface area (Å²) in [6.45, 7) is 3.92. The molecule has 0 atom stereocenters. The lowest BCUT2D eigenvalue weighted by atomic mass is 9.77. The number of aliphatic carboxylic acids is 1. The van der Waals surface area contributed by atoms with Crippen LogP contribution in [0.25, 0.3) is 11.4 Å². The van der Waals surface area contributed by atoms with Crippen LogP contribution in [-0.2, 0) is 16.1 Å². The highest BCUT2D eigenvalue weighted by molar-refractivity contribution is 5.87. The average Bonchev–Trinajstić information content (AvgIpc) is 3.06. The van der Waals surface area contributed by atoms with E-state index in [2.05, 4.69) is 27.7 Å². The van der Waals surface area contributed by atoms with E-state index in [1.54, 1.807) is 0 Å². The Morgan fingerprint density at radius 1 is 1.27 bits per heavy atom. The van der Waals surface area contributed by atoms with Crippen LogP contribution >= 0.6 is 0 Å². The Morgan fingerprint density at radius 3 is 2.54 bits per heavy atom. The first kappa shape index (κ1) is 18.0. The summed E-state index contributed by atoms with van der Waals surface area (Å²) < 4.78 is 0. The van der Waals surface area contributed by atoms with Crippen molar-refractivity contribution in [3.63, 3.8) is 0 Å². The van der Waals surface area contributed by atoms with E-state index in [-0.39, 0.29) is 6.54 Å². The zero-order valence-electron chi connectivity index (χ0n) is 15.0. The molecule has 1 saturated carbocycles. The van der Waals surface area contributed by atoms with E-state index < -0.39 is 17.4 Å². The van der Waals surface area contributed by atoms with Crippen molar-refractivity contribution >= 4 is 11.9 Å². The Morgan fingerprint density at radius 2 is 1.92 bits per heavy atom. The molecular weight excluding hydrogens is 334 g/mol. The minimum absolute atomic E-state index is 0.163. The Bertz CT molecular complexity index is 791. The van der Waals surface area contributed by atoms with Gasteiger partial charge in [0.15, 0.2) is 0 Å². The van der Waals surface area contributed by atoms with Crippen molar-refractivity contribution < 1.29 is 14.7 Å². The van der Waals surface area contributed by atoms with Gasteiger partial charge in [-0.2, -0.15) is 4.80 Å². The van der Waals surface area contributed by atoms with Crippen LogP contribution in [0, 0.1) is 12.8 Å². The normalized spacial score (nSPS) is 22.8. The molecule has 138 valence electrons. The predicted octanol–water partition coefficient (Wildman–Crippen LogP) is 1.80. The summed E-state index contributed by atoms with van der Waals surface area (Å²) >= 11 is 0. The zero-order chi connectivity index (χ0) is 18.7. The van der Waals surface area contributed by atoms with Gasteiger partial charge in [0.2, 0.25) is 11.7 Å². The molecule has 0 bridgehead atoms. The molecule has 2 N–H and O–H groups in total. The molecule has 1 aliphatic rings. The molecular formula is C18H23N5O3. The van der Waals surface area contributed by atoms with Crippen molar-refractivity contribution in [2.24, 2.45) is 5.92 Å². The predicted molar refractivity (Wildman–Crippen MR) is 94.1 cm³/mol. The maximum absolute atomic E-state index is 12.4. The number of rotatable bonds is 5. The smallest absolute Gasteiger partial charge is 0.329 e. The van der Waals surface area contributed by atoms with Crippen LogP contribution in [0.3, 0.4) is 0 Å². The van der Waals surface area contributed by atoms with Gasteiger partial charge in [-0.05, 0) is 43.7 Å². The Hall–Kier alpha value is -2.77. The van der Waals surface area contributed by atoms with Crippen molar-refractivity contribution in [2.45, 2.75) is 51.6 Å². The fourth-order valence-corrected chi connectivity index (χ4v) is 3.21. The maximum atomic E-state index is 12.4. The lowest BCUT2D eigenvalue weighted by Crippen LogP contribution is -2.57. The summed E-state index contributed by atoms with van der Waals surface area (Å²) in [5.41, 5.74) is 0.746. The molecule has 26 heavy (non-hydrogen) atoms. The molecule has 3 rings (SSSR count). The van der Waals surface area contributed by atoms with E-state index in [0.717, 1.165) is 24.0 Å². The molecule has 8 heteroatoms. The lowest BCUT2D eigenvalue weighted by Gasteiger charge is -2.36. The second-order valence-corrected chi connectivity index (χ2v) is 7.13. The molecule has 1 aromatic heterocycles. The minimum atomic E-state index is -1.19. The van der Waals surface area contributed by atoms with Crippen molar-refractivity contribution in [1.29, 1.82) is 0 Å². The van der Waals surface area contributed by atoms with Crippen LogP contribution in [0.4, 0.5) is 0 Å². The number of hydrogen-bond acceptors (Lipinski definition) is 5. The second-order valence-electron chi connectivity index (χ2n) is 7.13. The van der Waals surface area contributed by atoms with Crippen molar-refractivity contribution in [3.05, 3.63) is 29.8 Å². The first-order chi connectivity index (χ1) is 12.4. The van der Waals surface area contributed by atoms with Crippen molar-refractivity contribution in [1.82, 2.24) is 25.5 Å². The van der Waals surface area contributed by atoms with Gasteiger partial charge in [0.1, 0.15) is 12.1 Å². The van der Waals surface area contributed by atoms with Crippen LogP contribution in [-0.4, -0.2) is 42.7 Å². The number of benzene rings is 1. The van der Waals surface area contributed by atoms with Gasteiger partial charge in [-0.25, -0.2) is 4.79 Å². The van der Waals surface area contributed by atoms with E-state index in [9.17, 15) is 14.7 Å². The van der Waals surface area contributed by atoms with E-state index in [4.69, 9.17) is 0 Å². The van der Waals surface area contributed by atoms with Gasteiger partial charge in [-0.1, -0.05) is 36.8 Å². The molecule has 0 unspecified atom stereocenters. The number of hydrogen-bond donors (Lipinski definition) is 2. The van der Waals surface area contributed by atoms with E-state index in [1.165, 1.54) is 4.80 Å². The molecule has 8 nitrogen and oxygen atoms in total. The van der Waals surface area contributed by atoms with E-state index >= 15 is 0 Å². The fraction of sp³-hybridized carbons (Fsp3) is 0.500. The average molecular weight is 357 g/mol. The third kappa shape index (κ3) is 3.89. The highest BCUT2D eigenvalue weighted by Crippen LogP contribution is 2.32. The third-order valence-corrected chi connectivity index (χ3v) is 4.96. The Labute approximate surface area is 151 Å². The number of nitrogens with one attached hydrogen (secondary N) is 1. The molecule has 1 amide bonds. The highest BCUT2D eigenvalue weighted by atomic mass is 16.4. The second kappa shape index (κ2) is 7.23. The SMILES string of the molecule is Cc1ccc(-c2nnn(CC(=O)NC3(C(=O)O)CCC(C)CC3)n2)cc1. The molecule has 0 aliphatic heterocycles. The number of aromatic nitrogens is 4. The van der Waals surface area contributed by atoms with Crippen molar-refractivity contribution in [2.75, 3.05) is 0 Å². The molecule has 1 aromatic carbocycles. The highest BCUT2D eigenvalue weighted by Gasteiger charge is 2.42. The summed E-state index contributed by atoms with van der Waals surface area (Å²) in [5.74, 6) is -0.495. The number of carbonyl (C=O) groups is 2. The lowest BCUT2D eigenvalue weighted by molar-refractivity contribution is -0.149. The first-order valence-corrected chi connectivity index (χ1v) is 8.77. The van der Waals surface area contributed by atoms with Gasteiger partial charge < -0.3 is 10.4 Å². The van der Waals surface area contributed by atoms with Crippen LogP contribution in [0.15, 0.2) is 24.3 Å². The molecule has 0 saturated heterocycles. The van der Waals surface area contributed by atoms with Gasteiger partial charge in [0.05, 0.1) is 0 Å². The van der Waals surface area contributed by atoms with Crippen LogP contribution in [0.2, 0.25) is 0 Å². The van der Waals surface area contributed by atoms with Gasteiger partial charge in [-0.15, -0.1) is 10.2 Å². The standard InChI is InChI=1S/C18H23N5O3/c1-12-3-5-14(6-4-12)16-20-22-23(21-16)11-15(24)19-18(17(25)26)9-7-13(2)8-10-18/h3-6,13H,7-11H2,1-2H3,(H,19,24)(H,25,26). The monoisotopic (exact) mass is 357 g/mol. The summed E-state index contributed by atoms with van der Waals surface area (Å²) in [6, 6.07) is 7.67. The van der Waals surface area contributed by atoms with E-state index in [1.807, 2.05) is 31.2 Å². The first-order valence-electron chi connectivity index (χ1n) is 8.77. The van der Waals surface area contributed by atoms with E-state index in [0.29, 0.717) is 24.6 Å². The molecule has 0 spiro atoms. The Balaban J connectivity index is 1.66. The Kier molecular flexibility index (Phi) is 5.01. The number of nitrogens with zero attached hydrogens (tertiary/aromatic N) is 4. The summed E-state index contributed by atoms with van der Waals surface area (Å²) in [5, 5.41) is 24.4. The maximum Gasteiger partial charge on any atom is 0.329 e. The number of carbonyl (C=O) groups excluding carboxylic acids is 1. The molecule has 1 heterocycles. The molecule has 1 aliphatic carbocycles.